The van der Waals surface area contributed by atoms with E-state index in [-0.39, 0.29) is 11.3 Å². The molecule has 0 bridgehead atoms. The summed E-state index contributed by atoms with van der Waals surface area (Å²) >= 11 is 8.41. The Bertz CT molecular complexity index is 510. The fraction of sp³-hybridized carbons (Fsp3) is 0.125. The van der Waals surface area contributed by atoms with Crippen LogP contribution in [0.5, 0.6) is 0 Å². The molecule has 0 spiro atoms. The predicted octanol–water partition coefficient (Wildman–Crippen LogP) is 2.26. The highest BCUT2D eigenvalue weighted by Crippen LogP contribution is 2.21. The zero-order valence-corrected chi connectivity index (χ0v) is 10.5. The zero-order valence-electron chi connectivity index (χ0n) is 7.37. The van der Waals surface area contributed by atoms with Crippen LogP contribution in [0.15, 0.2) is 22.7 Å². The fourth-order valence-corrected chi connectivity index (χ4v) is 1.98. The lowest BCUT2D eigenvalue weighted by Gasteiger charge is -2.07. The van der Waals surface area contributed by atoms with Gasteiger partial charge < -0.3 is 0 Å². The van der Waals surface area contributed by atoms with Gasteiger partial charge in [0.2, 0.25) is 10.0 Å². The Morgan fingerprint density at radius 1 is 1.53 bits per heavy atom. The van der Waals surface area contributed by atoms with Crippen LogP contribution in [-0.2, 0) is 10.0 Å². The van der Waals surface area contributed by atoms with Crippen molar-refractivity contribution in [1.29, 1.82) is 5.26 Å². The highest BCUT2D eigenvalue weighted by Gasteiger charge is 2.11. The van der Waals surface area contributed by atoms with Gasteiger partial charge in [-0.3, -0.25) is 4.72 Å². The number of hydrogen-bond donors (Lipinski definition) is 1. The third-order valence-corrected chi connectivity index (χ3v) is 3.68. The summed E-state index contributed by atoms with van der Waals surface area (Å²) in [5.41, 5.74) is 0.458. The Hall–Kier alpha value is -0.770. The molecule has 0 aliphatic heterocycles. The summed E-state index contributed by atoms with van der Waals surface area (Å²) in [6.07, 6.45) is 0. The van der Waals surface area contributed by atoms with E-state index in [0.29, 0.717) is 4.47 Å². The average molecular weight is 310 g/mol. The number of sulfonamides is 1. The topological polar surface area (TPSA) is 70.0 Å². The molecule has 0 saturated carbocycles. The SMILES string of the molecule is N#Cc1ccc(Br)cc1NS(=O)(=O)CCl. The fourth-order valence-electron chi connectivity index (χ4n) is 0.893. The van der Waals surface area contributed by atoms with Crippen molar-refractivity contribution in [2.45, 2.75) is 0 Å². The molecule has 80 valence electrons. The molecule has 0 unspecified atom stereocenters. The lowest BCUT2D eigenvalue weighted by Crippen LogP contribution is -2.14. The molecule has 7 heteroatoms. The Morgan fingerprint density at radius 2 is 2.20 bits per heavy atom. The van der Waals surface area contributed by atoms with E-state index in [2.05, 4.69) is 20.7 Å². The maximum Gasteiger partial charge on any atom is 0.246 e. The maximum absolute atomic E-state index is 11.2. The summed E-state index contributed by atoms with van der Waals surface area (Å²) in [6.45, 7) is 0. The third kappa shape index (κ3) is 3.38. The standard InChI is InChI=1S/C8H6BrClN2O2S/c9-7-2-1-6(4-11)8(3-7)12-15(13,14)5-10/h1-3,12H,5H2. The second-order valence-corrected chi connectivity index (χ2v) is 5.85. The first kappa shape index (κ1) is 12.3. The minimum atomic E-state index is -3.58. The van der Waals surface area contributed by atoms with Crippen LogP contribution in [0.1, 0.15) is 5.56 Å². The van der Waals surface area contributed by atoms with Crippen LogP contribution >= 0.6 is 27.5 Å². The highest BCUT2D eigenvalue weighted by molar-refractivity contribution is 9.10. The van der Waals surface area contributed by atoms with Crippen molar-refractivity contribution in [3.05, 3.63) is 28.2 Å². The second-order valence-electron chi connectivity index (χ2n) is 2.63. The molecule has 0 amide bonds. The first-order valence-corrected chi connectivity index (χ1v) is 6.72. The molecule has 1 rings (SSSR count). The molecule has 4 nitrogen and oxygen atoms in total. The molecular formula is C8H6BrClN2O2S. The van der Waals surface area contributed by atoms with Crippen LogP contribution in [0, 0.1) is 11.3 Å². The molecule has 0 aromatic heterocycles. The van der Waals surface area contributed by atoms with Gasteiger partial charge in [0.05, 0.1) is 11.3 Å². The van der Waals surface area contributed by atoms with Crippen molar-refractivity contribution in [3.63, 3.8) is 0 Å². The van der Waals surface area contributed by atoms with E-state index in [9.17, 15) is 8.42 Å². The number of alkyl halides is 1. The van der Waals surface area contributed by atoms with E-state index in [1.807, 2.05) is 6.07 Å². The summed E-state index contributed by atoms with van der Waals surface area (Å²) in [7, 11) is -3.58. The van der Waals surface area contributed by atoms with Gasteiger partial charge in [0, 0.05) is 4.47 Å². The summed E-state index contributed by atoms with van der Waals surface area (Å²) in [6, 6.07) is 6.54. The normalized spacial score (nSPS) is 10.7. The van der Waals surface area contributed by atoms with E-state index >= 15 is 0 Å². The lowest BCUT2D eigenvalue weighted by atomic mass is 10.2. The van der Waals surface area contributed by atoms with Gasteiger partial charge in [-0.15, -0.1) is 11.6 Å². The molecule has 0 fully saturated rings. The van der Waals surface area contributed by atoms with Crippen molar-refractivity contribution >= 4 is 43.2 Å². The lowest BCUT2D eigenvalue weighted by molar-refractivity contribution is 0.605. The Kier molecular flexibility index (Phi) is 3.97. The van der Waals surface area contributed by atoms with Gasteiger partial charge in [-0.1, -0.05) is 15.9 Å². The van der Waals surface area contributed by atoms with Crippen LogP contribution in [0.25, 0.3) is 0 Å². The van der Waals surface area contributed by atoms with Crippen molar-refractivity contribution in [3.8, 4) is 6.07 Å². The van der Waals surface area contributed by atoms with E-state index in [1.165, 1.54) is 12.1 Å². The number of nitrogens with zero attached hydrogens (tertiary/aromatic N) is 1. The van der Waals surface area contributed by atoms with Crippen molar-refractivity contribution in [1.82, 2.24) is 0 Å². The number of benzene rings is 1. The predicted molar refractivity (Wildman–Crippen MR) is 62.1 cm³/mol. The molecule has 0 aliphatic rings. The molecule has 0 atom stereocenters. The summed E-state index contributed by atoms with van der Waals surface area (Å²) in [5.74, 6) is 0. The van der Waals surface area contributed by atoms with Gasteiger partial charge in [-0.2, -0.15) is 5.26 Å². The molecule has 1 aromatic carbocycles. The van der Waals surface area contributed by atoms with E-state index < -0.39 is 15.2 Å². The van der Waals surface area contributed by atoms with Crippen LogP contribution in [0.4, 0.5) is 5.69 Å². The van der Waals surface area contributed by atoms with Gasteiger partial charge >= 0.3 is 0 Å². The molecule has 0 aliphatic carbocycles. The number of nitrogens with one attached hydrogen (secondary N) is 1. The van der Waals surface area contributed by atoms with Crippen molar-refractivity contribution in [2.75, 3.05) is 9.93 Å². The Morgan fingerprint density at radius 3 is 2.73 bits per heavy atom. The smallest absolute Gasteiger partial charge is 0.246 e. The molecule has 15 heavy (non-hydrogen) atoms. The van der Waals surface area contributed by atoms with E-state index in [4.69, 9.17) is 16.9 Å². The highest BCUT2D eigenvalue weighted by atomic mass is 79.9. The van der Waals surface area contributed by atoms with Crippen molar-refractivity contribution < 1.29 is 8.42 Å². The first-order chi connectivity index (χ1) is 6.98. The number of rotatable bonds is 3. The number of anilines is 1. The molecule has 1 aromatic rings. The third-order valence-electron chi connectivity index (χ3n) is 1.51. The van der Waals surface area contributed by atoms with E-state index in [1.54, 1.807) is 6.07 Å². The summed E-state index contributed by atoms with van der Waals surface area (Å²) in [4.78, 5) is 0. The first-order valence-electron chi connectivity index (χ1n) is 3.74. The zero-order chi connectivity index (χ0) is 11.5. The van der Waals surface area contributed by atoms with Gasteiger partial charge in [0.1, 0.15) is 11.3 Å². The summed E-state index contributed by atoms with van der Waals surface area (Å²) in [5, 5.41) is 8.19. The monoisotopic (exact) mass is 308 g/mol. The Balaban J connectivity index is 3.15. The molecule has 0 heterocycles. The molecule has 1 N–H and O–H groups in total. The molecule has 0 saturated heterocycles. The molecular weight excluding hydrogens is 304 g/mol. The van der Waals surface area contributed by atoms with Gasteiger partial charge in [-0.05, 0) is 18.2 Å². The van der Waals surface area contributed by atoms with Crippen molar-refractivity contribution in [2.24, 2.45) is 0 Å². The van der Waals surface area contributed by atoms with Crippen LogP contribution in [0.2, 0.25) is 0 Å². The number of hydrogen-bond acceptors (Lipinski definition) is 3. The van der Waals surface area contributed by atoms with Gasteiger partial charge in [-0.25, -0.2) is 8.42 Å². The van der Waals surface area contributed by atoms with Crippen LogP contribution < -0.4 is 4.72 Å². The largest absolute Gasteiger partial charge is 0.281 e. The average Bonchev–Trinajstić information content (AvgIpc) is 2.18. The second kappa shape index (κ2) is 4.84. The maximum atomic E-state index is 11.2. The number of nitriles is 1. The van der Waals surface area contributed by atoms with Crippen LogP contribution in [0.3, 0.4) is 0 Å². The summed E-state index contributed by atoms with van der Waals surface area (Å²) < 4.78 is 25.3. The van der Waals surface area contributed by atoms with E-state index in [0.717, 1.165) is 0 Å². The van der Waals surface area contributed by atoms with Gasteiger partial charge in [0.25, 0.3) is 0 Å². The minimum absolute atomic E-state index is 0.215. The van der Waals surface area contributed by atoms with Crippen LogP contribution in [-0.4, -0.2) is 13.6 Å². The number of halogens is 2. The Labute approximate surface area is 101 Å². The van der Waals surface area contributed by atoms with Gasteiger partial charge in [0.15, 0.2) is 0 Å². The minimum Gasteiger partial charge on any atom is -0.281 e. The molecule has 0 radical (unpaired) electrons. The quantitative estimate of drug-likeness (QED) is 0.871.